The molecule has 0 amide bonds. The monoisotopic (exact) mass is 234 g/mol. The van der Waals surface area contributed by atoms with Gasteiger partial charge in [0.1, 0.15) is 0 Å². The quantitative estimate of drug-likeness (QED) is 0.606. The summed E-state index contributed by atoms with van der Waals surface area (Å²) in [6.45, 7) is 0. The first kappa shape index (κ1) is 11.7. The standard InChI is InChI=1S/C15H10N2O/c16-10-13-4-1-3-12(9-13)6-7-15(18)14-5-2-8-17-11-14/h1-9,11H/b7-6+. The Bertz CT molecular complexity index is 624. The van der Waals surface area contributed by atoms with Gasteiger partial charge in [0.2, 0.25) is 0 Å². The maximum absolute atomic E-state index is 11.8. The highest BCUT2D eigenvalue weighted by molar-refractivity contribution is 6.06. The predicted molar refractivity (Wildman–Crippen MR) is 68.8 cm³/mol. The van der Waals surface area contributed by atoms with Crippen molar-refractivity contribution in [1.82, 2.24) is 4.98 Å². The van der Waals surface area contributed by atoms with E-state index in [9.17, 15) is 4.79 Å². The van der Waals surface area contributed by atoms with E-state index in [-0.39, 0.29) is 5.78 Å². The zero-order chi connectivity index (χ0) is 12.8. The average Bonchev–Trinajstić information content (AvgIpc) is 2.46. The van der Waals surface area contributed by atoms with Gasteiger partial charge >= 0.3 is 0 Å². The van der Waals surface area contributed by atoms with Gasteiger partial charge in [-0.2, -0.15) is 5.26 Å². The number of nitriles is 1. The second-order valence-electron chi connectivity index (χ2n) is 3.68. The minimum absolute atomic E-state index is 0.106. The van der Waals surface area contributed by atoms with Crippen LogP contribution in [0.25, 0.3) is 6.08 Å². The van der Waals surface area contributed by atoms with Crippen LogP contribution in [0.3, 0.4) is 0 Å². The molecule has 0 saturated carbocycles. The maximum atomic E-state index is 11.8. The van der Waals surface area contributed by atoms with E-state index in [0.717, 1.165) is 5.56 Å². The van der Waals surface area contributed by atoms with Crippen molar-refractivity contribution in [3.63, 3.8) is 0 Å². The third-order valence-corrected chi connectivity index (χ3v) is 2.39. The molecular weight excluding hydrogens is 224 g/mol. The van der Waals surface area contributed by atoms with Crippen LogP contribution in [-0.4, -0.2) is 10.8 Å². The molecule has 1 heterocycles. The second-order valence-corrected chi connectivity index (χ2v) is 3.68. The third-order valence-electron chi connectivity index (χ3n) is 2.39. The van der Waals surface area contributed by atoms with Gasteiger partial charge in [-0.25, -0.2) is 0 Å². The predicted octanol–water partition coefficient (Wildman–Crippen LogP) is 2.85. The normalized spacial score (nSPS) is 10.2. The molecule has 3 nitrogen and oxygen atoms in total. The molecule has 0 atom stereocenters. The number of hydrogen-bond donors (Lipinski definition) is 0. The Morgan fingerprint density at radius 2 is 2.17 bits per heavy atom. The summed E-state index contributed by atoms with van der Waals surface area (Å²) in [5.41, 5.74) is 1.95. The van der Waals surface area contributed by atoms with Gasteiger partial charge in [-0.05, 0) is 35.9 Å². The Morgan fingerprint density at radius 1 is 1.28 bits per heavy atom. The molecule has 0 radical (unpaired) electrons. The number of ketones is 1. The first-order chi connectivity index (χ1) is 8.79. The average molecular weight is 234 g/mol. The minimum Gasteiger partial charge on any atom is -0.289 e. The molecule has 1 aromatic heterocycles. The third kappa shape index (κ3) is 2.89. The van der Waals surface area contributed by atoms with Gasteiger partial charge in [-0.15, -0.1) is 0 Å². The summed E-state index contributed by atoms with van der Waals surface area (Å²) in [5.74, 6) is -0.106. The molecule has 0 fully saturated rings. The van der Waals surface area contributed by atoms with E-state index in [1.807, 2.05) is 6.07 Å². The molecule has 1 aromatic carbocycles. The van der Waals surface area contributed by atoms with Gasteiger partial charge in [0, 0.05) is 18.0 Å². The number of pyridine rings is 1. The van der Waals surface area contributed by atoms with Gasteiger partial charge in [-0.3, -0.25) is 9.78 Å². The van der Waals surface area contributed by atoms with E-state index in [0.29, 0.717) is 11.1 Å². The Labute approximate surface area is 105 Å². The van der Waals surface area contributed by atoms with Crippen LogP contribution >= 0.6 is 0 Å². The molecular formula is C15H10N2O. The van der Waals surface area contributed by atoms with Gasteiger partial charge in [-0.1, -0.05) is 18.2 Å². The van der Waals surface area contributed by atoms with E-state index >= 15 is 0 Å². The lowest BCUT2D eigenvalue weighted by atomic mass is 10.1. The van der Waals surface area contributed by atoms with E-state index in [1.54, 1.807) is 42.6 Å². The molecule has 0 N–H and O–H groups in total. The molecule has 0 spiro atoms. The Hall–Kier alpha value is -2.73. The van der Waals surface area contributed by atoms with Gasteiger partial charge in [0.15, 0.2) is 5.78 Å². The van der Waals surface area contributed by atoms with Crippen LogP contribution in [-0.2, 0) is 0 Å². The zero-order valence-electron chi connectivity index (χ0n) is 9.58. The molecule has 0 aliphatic rings. The highest BCUT2D eigenvalue weighted by Gasteiger charge is 2.00. The number of hydrogen-bond acceptors (Lipinski definition) is 3. The lowest BCUT2D eigenvalue weighted by Gasteiger charge is -1.95. The van der Waals surface area contributed by atoms with Gasteiger partial charge < -0.3 is 0 Å². The first-order valence-electron chi connectivity index (χ1n) is 5.42. The molecule has 0 unspecified atom stereocenters. The van der Waals surface area contributed by atoms with Crippen molar-refractivity contribution in [3.8, 4) is 6.07 Å². The van der Waals surface area contributed by atoms with E-state index in [2.05, 4.69) is 11.1 Å². The van der Waals surface area contributed by atoms with Crippen LogP contribution in [0.15, 0.2) is 54.9 Å². The van der Waals surface area contributed by atoms with Crippen LogP contribution in [0.1, 0.15) is 21.5 Å². The molecule has 0 aliphatic carbocycles. The summed E-state index contributed by atoms with van der Waals surface area (Å²) in [5, 5.41) is 8.77. The van der Waals surface area contributed by atoms with E-state index < -0.39 is 0 Å². The largest absolute Gasteiger partial charge is 0.289 e. The molecule has 2 rings (SSSR count). The highest BCUT2D eigenvalue weighted by Crippen LogP contribution is 2.07. The molecule has 2 aromatic rings. The van der Waals surface area contributed by atoms with Crippen LogP contribution < -0.4 is 0 Å². The fraction of sp³-hybridized carbons (Fsp3) is 0. The lowest BCUT2D eigenvalue weighted by molar-refractivity contribution is 0.104. The van der Waals surface area contributed by atoms with Crippen molar-refractivity contribution >= 4 is 11.9 Å². The van der Waals surface area contributed by atoms with E-state index in [4.69, 9.17) is 5.26 Å². The van der Waals surface area contributed by atoms with Crippen molar-refractivity contribution in [2.45, 2.75) is 0 Å². The Morgan fingerprint density at radius 3 is 2.89 bits per heavy atom. The highest BCUT2D eigenvalue weighted by atomic mass is 16.1. The fourth-order valence-corrected chi connectivity index (χ4v) is 1.49. The summed E-state index contributed by atoms with van der Waals surface area (Å²) < 4.78 is 0. The van der Waals surface area contributed by atoms with Crippen LogP contribution in [0, 0.1) is 11.3 Å². The topological polar surface area (TPSA) is 53.8 Å². The number of aromatic nitrogens is 1. The number of carbonyl (C=O) groups excluding carboxylic acids is 1. The van der Waals surface area contributed by atoms with E-state index in [1.165, 1.54) is 12.3 Å². The van der Waals surface area contributed by atoms with Gasteiger partial charge in [0.05, 0.1) is 11.6 Å². The molecule has 0 saturated heterocycles. The van der Waals surface area contributed by atoms with Crippen molar-refractivity contribution in [1.29, 1.82) is 5.26 Å². The van der Waals surface area contributed by atoms with Crippen LogP contribution in [0.2, 0.25) is 0 Å². The fourth-order valence-electron chi connectivity index (χ4n) is 1.49. The van der Waals surface area contributed by atoms with Crippen molar-refractivity contribution in [3.05, 3.63) is 71.6 Å². The first-order valence-corrected chi connectivity index (χ1v) is 5.42. The van der Waals surface area contributed by atoms with Crippen molar-refractivity contribution in [2.24, 2.45) is 0 Å². The Balaban J connectivity index is 2.16. The molecule has 0 aliphatic heterocycles. The summed E-state index contributed by atoms with van der Waals surface area (Å²) in [7, 11) is 0. The maximum Gasteiger partial charge on any atom is 0.187 e. The smallest absolute Gasteiger partial charge is 0.187 e. The minimum atomic E-state index is -0.106. The number of carbonyl (C=O) groups is 1. The van der Waals surface area contributed by atoms with Gasteiger partial charge in [0.25, 0.3) is 0 Å². The molecule has 0 bridgehead atoms. The molecule has 86 valence electrons. The summed E-state index contributed by atoms with van der Waals surface area (Å²) in [6.07, 6.45) is 6.32. The SMILES string of the molecule is N#Cc1cccc(/C=C/C(=O)c2cccnc2)c1. The summed E-state index contributed by atoms with van der Waals surface area (Å²) in [6, 6.07) is 12.6. The number of allylic oxidation sites excluding steroid dienone is 1. The molecule has 18 heavy (non-hydrogen) atoms. The zero-order valence-corrected chi connectivity index (χ0v) is 9.58. The van der Waals surface area contributed by atoms with Crippen molar-refractivity contribution < 1.29 is 4.79 Å². The lowest BCUT2D eigenvalue weighted by Crippen LogP contribution is -1.94. The number of benzene rings is 1. The Kier molecular flexibility index (Phi) is 3.62. The van der Waals surface area contributed by atoms with Crippen molar-refractivity contribution in [2.75, 3.05) is 0 Å². The van der Waals surface area contributed by atoms with Crippen LogP contribution in [0.5, 0.6) is 0 Å². The van der Waals surface area contributed by atoms with Crippen LogP contribution in [0.4, 0.5) is 0 Å². The molecule has 3 heteroatoms. The summed E-state index contributed by atoms with van der Waals surface area (Å²) in [4.78, 5) is 15.7. The summed E-state index contributed by atoms with van der Waals surface area (Å²) >= 11 is 0. The second kappa shape index (κ2) is 5.55. The number of rotatable bonds is 3. The number of nitrogens with zero attached hydrogens (tertiary/aromatic N) is 2.